The number of nitriles is 1. The summed E-state index contributed by atoms with van der Waals surface area (Å²) >= 11 is 0. The number of anilines is 1. The molecule has 2 aromatic carbocycles. The number of aromatic nitrogens is 2. The molecule has 0 spiro atoms. The minimum absolute atomic E-state index is 0.271. The van der Waals surface area contributed by atoms with E-state index in [1.54, 1.807) is 50.2 Å². The fourth-order valence-electron chi connectivity index (χ4n) is 3.38. The zero-order valence-corrected chi connectivity index (χ0v) is 17.0. The van der Waals surface area contributed by atoms with Crippen LogP contribution in [0.25, 0.3) is 22.9 Å². The van der Waals surface area contributed by atoms with Crippen molar-refractivity contribution >= 4 is 34.5 Å². The minimum atomic E-state index is -0.384. The first kappa shape index (κ1) is 19.9. The first-order chi connectivity index (χ1) is 15.0. The largest absolute Gasteiger partial charge is 0.462 e. The molecule has 0 bridgehead atoms. The van der Waals surface area contributed by atoms with E-state index in [0.717, 1.165) is 0 Å². The van der Waals surface area contributed by atoms with Gasteiger partial charge in [0.15, 0.2) is 5.65 Å². The van der Waals surface area contributed by atoms with Crippen molar-refractivity contribution in [2.75, 3.05) is 12.0 Å². The van der Waals surface area contributed by atoms with Crippen molar-refractivity contribution in [2.45, 2.75) is 13.8 Å². The SMILES string of the molecule is CCOC(=O)c1ccc(NNC=c2c(C)c(C#N)c3nc4ccccc4n3c2=O)cc1. The molecular formula is C23H19N5O3. The maximum atomic E-state index is 13.2. The van der Waals surface area contributed by atoms with Crippen LogP contribution in [0.5, 0.6) is 0 Å². The van der Waals surface area contributed by atoms with E-state index in [1.807, 2.05) is 12.1 Å². The van der Waals surface area contributed by atoms with Crippen LogP contribution in [0.15, 0.2) is 53.3 Å². The number of carbonyl (C=O) groups is 1. The molecule has 0 fully saturated rings. The van der Waals surface area contributed by atoms with Crippen LogP contribution in [0.1, 0.15) is 28.4 Å². The Morgan fingerprint density at radius 2 is 1.97 bits per heavy atom. The van der Waals surface area contributed by atoms with Crippen molar-refractivity contribution in [1.82, 2.24) is 14.8 Å². The summed E-state index contributed by atoms with van der Waals surface area (Å²) in [5.74, 6) is -0.384. The second kappa shape index (κ2) is 8.16. The third kappa shape index (κ3) is 3.53. The smallest absolute Gasteiger partial charge is 0.338 e. The molecule has 0 saturated heterocycles. The molecule has 0 unspecified atom stereocenters. The zero-order chi connectivity index (χ0) is 22.0. The minimum Gasteiger partial charge on any atom is -0.462 e. The number of imidazole rings is 1. The molecular weight excluding hydrogens is 394 g/mol. The van der Waals surface area contributed by atoms with E-state index in [4.69, 9.17) is 4.74 Å². The number of hydrogen-bond donors (Lipinski definition) is 2. The van der Waals surface area contributed by atoms with Gasteiger partial charge < -0.3 is 15.6 Å². The van der Waals surface area contributed by atoms with Crippen LogP contribution in [0.3, 0.4) is 0 Å². The lowest BCUT2D eigenvalue weighted by Gasteiger charge is -2.08. The molecule has 8 heteroatoms. The molecule has 8 nitrogen and oxygen atoms in total. The number of nitrogens with zero attached hydrogens (tertiary/aromatic N) is 3. The Bertz CT molecular complexity index is 1450. The summed E-state index contributed by atoms with van der Waals surface area (Å²) in [5, 5.41) is 10.0. The number of rotatable bonds is 5. The summed E-state index contributed by atoms with van der Waals surface area (Å²) in [4.78, 5) is 29.4. The summed E-state index contributed by atoms with van der Waals surface area (Å²) in [6.07, 6.45) is 1.52. The average molecular weight is 413 g/mol. The maximum absolute atomic E-state index is 13.2. The Labute approximate surface area is 177 Å². The van der Waals surface area contributed by atoms with E-state index >= 15 is 0 Å². The summed E-state index contributed by atoms with van der Waals surface area (Å²) < 4.78 is 6.43. The van der Waals surface area contributed by atoms with E-state index in [1.165, 1.54) is 10.6 Å². The topological polar surface area (TPSA) is 109 Å². The molecule has 31 heavy (non-hydrogen) atoms. The lowest BCUT2D eigenvalue weighted by Crippen LogP contribution is -2.36. The number of fused-ring (bicyclic) bond motifs is 3. The van der Waals surface area contributed by atoms with Crippen LogP contribution in [0.4, 0.5) is 5.69 Å². The van der Waals surface area contributed by atoms with Gasteiger partial charge in [0.1, 0.15) is 6.07 Å². The molecule has 4 aromatic rings. The summed E-state index contributed by atoms with van der Waals surface area (Å²) in [6, 6.07) is 16.1. The molecule has 0 saturated carbocycles. The van der Waals surface area contributed by atoms with Gasteiger partial charge >= 0.3 is 5.97 Å². The van der Waals surface area contributed by atoms with E-state index in [9.17, 15) is 14.9 Å². The van der Waals surface area contributed by atoms with E-state index < -0.39 is 0 Å². The molecule has 2 heterocycles. The molecule has 0 amide bonds. The van der Waals surface area contributed by atoms with E-state index in [0.29, 0.717) is 50.9 Å². The number of hydrogen-bond acceptors (Lipinski definition) is 7. The molecule has 0 aliphatic rings. The molecule has 4 rings (SSSR count). The van der Waals surface area contributed by atoms with E-state index in [2.05, 4.69) is 21.9 Å². The van der Waals surface area contributed by atoms with Crippen molar-refractivity contribution in [3.8, 4) is 6.07 Å². The fourth-order valence-corrected chi connectivity index (χ4v) is 3.38. The Morgan fingerprint density at radius 1 is 1.23 bits per heavy atom. The average Bonchev–Trinajstić information content (AvgIpc) is 3.16. The number of ether oxygens (including phenoxy) is 1. The number of benzene rings is 2. The van der Waals surface area contributed by atoms with Gasteiger partial charge in [-0.15, -0.1) is 0 Å². The number of esters is 1. The summed E-state index contributed by atoms with van der Waals surface area (Å²) in [5.41, 5.74) is 9.26. The van der Waals surface area contributed by atoms with Crippen LogP contribution in [-0.2, 0) is 4.74 Å². The van der Waals surface area contributed by atoms with Gasteiger partial charge in [0.05, 0.1) is 39.7 Å². The third-order valence-electron chi connectivity index (χ3n) is 4.94. The van der Waals surface area contributed by atoms with Gasteiger partial charge in [0.25, 0.3) is 5.56 Å². The van der Waals surface area contributed by atoms with Crippen molar-refractivity contribution < 1.29 is 9.53 Å². The normalized spacial score (nSPS) is 11.5. The molecule has 0 radical (unpaired) electrons. The van der Waals surface area contributed by atoms with E-state index in [-0.39, 0.29) is 11.5 Å². The van der Waals surface area contributed by atoms with Crippen LogP contribution in [0, 0.1) is 18.3 Å². The number of nitrogens with one attached hydrogen (secondary N) is 2. The summed E-state index contributed by atoms with van der Waals surface area (Å²) in [6.45, 7) is 3.79. The quantitative estimate of drug-likeness (QED) is 0.382. The highest BCUT2D eigenvalue weighted by atomic mass is 16.5. The Kier molecular flexibility index (Phi) is 5.24. The number of hydrazine groups is 1. The third-order valence-corrected chi connectivity index (χ3v) is 4.94. The molecule has 154 valence electrons. The Morgan fingerprint density at radius 3 is 2.68 bits per heavy atom. The van der Waals surface area contributed by atoms with Gasteiger partial charge in [-0.2, -0.15) is 5.26 Å². The van der Waals surface area contributed by atoms with Crippen molar-refractivity contribution in [3.05, 3.63) is 80.8 Å². The van der Waals surface area contributed by atoms with Gasteiger partial charge in [-0.3, -0.25) is 9.20 Å². The molecule has 2 N–H and O–H groups in total. The lowest BCUT2D eigenvalue weighted by molar-refractivity contribution is 0.0526. The molecule has 0 aliphatic heterocycles. The van der Waals surface area contributed by atoms with Gasteiger partial charge in [-0.25, -0.2) is 9.78 Å². The van der Waals surface area contributed by atoms with Gasteiger partial charge in [-0.1, -0.05) is 12.1 Å². The lowest BCUT2D eigenvalue weighted by atomic mass is 10.1. The van der Waals surface area contributed by atoms with Crippen molar-refractivity contribution in [1.29, 1.82) is 5.26 Å². The predicted molar refractivity (Wildman–Crippen MR) is 117 cm³/mol. The van der Waals surface area contributed by atoms with Crippen LogP contribution in [-0.4, -0.2) is 22.0 Å². The van der Waals surface area contributed by atoms with Crippen LogP contribution < -0.4 is 21.6 Å². The monoisotopic (exact) mass is 413 g/mol. The second-order valence-electron chi connectivity index (χ2n) is 6.80. The Balaban J connectivity index is 1.69. The summed E-state index contributed by atoms with van der Waals surface area (Å²) in [7, 11) is 0. The molecule has 0 atom stereocenters. The fraction of sp³-hybridized carbons (Fsp3) is 0.130. The maximum Gasteiger partial charge on any atom is 0.338 e. The van der Waals surface area contributed by atoms with Crippen molar-refractivity contribution in [2.24, 2.45) is 0 Å². The van der Waals surface area contributed by atoms with Crippen LogP contribution in [0.2, 0.25) is 0 Å². The highest BCUT2D eigenvalue weighted by molar-refractivity contribution is 5.89. The second-order valence-corrected chi connectivity index (χ2v) is 6.80. The zero-order valence-electron chi connectivity index (χ0n) is 17.0. The number of pyridine rings is 1. The number of carbonyl (C=O) groups excluding carboxylic acids is 1. The van der Waals surface area contributed by atoms with Crippen molar-refractivity contribution in [3.63, 3.8) is 0 Å². The highest BCUT2D eigenvalue weighted by Gasteiger charge is 2.15. The first-order valence-electron chi connectivity index (χ1n) is 9.68. The standard InChI is InChI=1S/C23H19N5O3/c1-3-31-23(30)15-8-10-16(11-9-15)27-25-13-18-14(2)17(12-24)21-26-19-6-4-5-7-20(19)28(21)22(18)29/h4-11,13,25,27H,3H2,1-2H3. The van der Waals surface area contributed by atoms with Crippen LogP contribution >= 0.6 is 0 Å². The molecule has 2 aromatic heterocycles. The van der Waals surface area contributed by atoms with Gasteiger partial charge in [0, 0.05) is 6.20 Å². The first-order valence-corrected chi connectivity index (χ1v) is 9.68. The highest BCUT2D eigenvalue weighted by Crippen LogP contribution is 2.17. The predicted octanol–water partition coefficient (Wildman–Crippen LogP) is 2.28. The number of para-hydroxylation sites is 2. The Hall–Kier alpha value is -4.38. The molecule has 0 aliphatic carbocycles. The van der Waals surface area contributed by atoms with Gasteiger partial charge in [-0.05, 0) is 55.8 Å². The van der Waals surface area contributed by atoms with Gasteiger partial charge in [0.2, 0.25) is 0 Å².